The first kappa shape index (κ1) is 14.4. The summed E-state index contributed by atoms with van der Waals surface area (Å²) in [5, 5.41) is 0. The molecule has 0 aromatic heterocycles. The highest BCUT2D eigenvalue weighted by molar-refractivity contribution is 9.10. The van der Waals surface area contributed by atoms with E-state index in [2.05, 4.69) is 20.7 Å². The summed E-state index contributed by atoms with van der Waals surface area (Å²) in [6, 6.07) is 11.8. The molecule has 2 aromatic rings. The molecule has 21 heavy (non-hydrogen) atoms. The van der Waals surface area contributed by atoms with Gasteiger partial charge in [-0.3, -0.25) is 0 Å². The van der Waals surface area contributed by atoms with E-state index in [1.54, 1.807) is 42.5 Å². The summed E-state index contributed by atoms with van der Waals surface area (Å²) in [5.41, 5.74) is 0.805. The second kappa shape index (κ2) is 5.67. The number of ether oxygens (including phenoxy) is 2. The minimum Gasteiger partial charge on any atom is -0.454 e. The van der Waals surface area contributed by atoms with E-state index in [1.807, 2.05) is 0 Å². The molecule has 0 atom stereocenters. The van der Waals surface area contributed by atoms with Gasteiger partial charge in [-0.05, 0) is 42.0 Å². The minimum atomic E-state index is -3.53. The summed E-state index contributed by atoms with van der Waals surface area (Å²) in [6.45, 7) is 0.387. The number of hydrogen-bond donors (Lipinski definition) is 1. The molecule has 1 N–H and O–H groups in total. The first-order valence-corrected chi connectivity index (χ1v) is 8.46. The van der Waals surface area contributed by atoms with E-state index in [1.165, 1.54) is 0 Å². The Hall–Kier alpha value is -1.57. The SMILES string of the molecule is O=S(=O)(NCc1ccc2c(c1)OCO2)c1ccc(Br)cc1. The Morgan fingerprint density at radius 3 is 2.52 bits per heavy atom. The van der Waals surface area contributed by atoms with Gasteiger partial charge in [0.1, 0.15) is 0 Å². The van der Waals surface area contributed by atoms with Gasteiger partial charge in [-0.25, -0.2) is 13.1 Å². The quantitative estimate of drug-likeness (QED) is 0.899. The molecule has 0 radical (unpaired) electrons. The van der Waals surface area contributed by atoms with Crippen LogP contribution in [0.3, 0.4) is 0 Å². The number of rotatable bonds is 4. The van der Waals surface area contributed by atoms with Crippen LogP contribution in [0.4, 0.5) is 0 Å². The molecule has 0 aliphatic carbocycles. The van der Waals surface area contributed by atoms with Gasteiger partial charge in [0.05, 0.1) is 4.90 Å². The van der Waals surface area contributed by atoms with Gasteiger partial charge in [0.2, 0.25) is 16.8 Å². The minimum absolute atomic E-state index is 0.190. The van der Waals surface area contributed by atoms with Gasteiger partial charge in [-0.15, -0.1) is 0 Å². The van der Waals surface area contributed by atoms with E-state index < -0.39 is 10.0 Å². The summed E-state index contributed by atoms with van der Waals surface area (Å²) in [7, 11) is -3.53. The van der Waals surface area contributed by atoms with Crippen molar-refractivity contribution in [1.29, 1.82) is 0 Å². The Morgan fingerprint density at radius 1 is 1.05 bits per heavy atom. The Morgan fingerprint density at radius 2 is 1.76 bits per heavy atom. The van der Waals surface area contributed by atoms with Gasteiger partial charge < -0.3 is 9.47 Å². The number of sulfonamides is 1. The van der Waals surface area contributed by atoms with Gasteiger partial charge in [0.25, 0.3) is 0 Å². The van der Waals surface area contributed by atoms with E-state index in [-0.39, 0.29) is 18.2 Å². The van der Waals surface area contributed by atoms with Crippen molar-refractivity contribution in [2.45, 2.75) is 11.4 Å². The predicted molar refractivity (Wildman–Crippen MR) is 80.7 cm³/mol. The molecular weight excluding hydrogens is 358 g/mol. The van der Waals surface area contributed by atoms with Gasteiger partial charge in [-0.2, -0.15) is 0 Å². The molecular formula is C14H12BrNO4S. The lowest BCUT2D eigenvalue weighted by atomic mass is 10.2. The molecule has 0 bridgehead atoms. The highest BCUT2D eigenvalue weighted by Gasteiger charge is 2.16. The topological polar surface area (TPSA) is 64.6 Å². The third kappa shape index (κ3) is 3.20. The first-order chi connectivity index (χ1) is 10.0. The van der Waals surface area contributed by atoms with Crippen molar-refractivity contribution in [3.63, 3.8) is 0 Å². The van der Waals surface area contributed by atoms with E-state index in [0.717, 1.165) is 10.0 Å². The Balaban J connectivity index is 1.73. The zero-order valence-electron chi connectivity index (χ0n) is 10.9. The third-order valence-electron chi connectivity index (χ3n) is 3.03. The summed E-state index contributed by atoms with van der Waals surface area (Å²) < 4.78 is 38.2. The molecule has 3 rings (SSSR count). The van der Waals surface area contributed by atoms with Crippen LogP contribution < -0.4 is 14.2 Å². The maximum absolute atomic E-state index is 12.2. The van der Waals surface area contributed by atoms with Crippen molar-refractivity contribution < 1.29 is 17.9 Å². The molecule has 0 amide bonds. The second-order valence-electron chi connectivity index (χ2n) is 4.47. The molecule has 1 heterocycles. The largest absolute Gasteiger partial charge is 0.454 e. The fraction of sp³-hybridized carbons (Fsp3) is 0.143. The van der Waals surface area contributed by atoms with Crippen molar-refractivity contribution in [3.05, 3.63) is 52.5 Å². The van der Waals surface area contributed by atoms with Crippen LogP contribution in [0.1, 0.15) is 5.56 Å². The molecule has 0 unspecified atom stereocenters. The lowest BCUT2D eigenvalue weighted by Gasteiger charge is -2.07. The van der Waals surface area contributed by atoms with Crippen LogP contribution in [0, 0.1) is 0 Å². The maximum Gasteiger partial charge on any atom is 0.240 e. The number of benzene rings is 2. The molecule has 0 fully saturated rings. The van der Waals surface area contributed by atoms with Crippen LogP contribution in [0.25, 0.3) is 0 Å². The smallest absolute Gasteiger partial charge is 0.240 e. The van der Waals surface area contributed by atoms with Crippen LogP contribution in [0.5, 0.6) is 11.5 Å². The average Bonchev–Trinajstić information content (AvgIpc) is 2.93. The van der Waals surface area contributed by atoms with E-state index in [4.69, 9.17) is 9.47 Å². The molecule has 1 aliphatic rings. The second-order valence-corrected chi connectivity index (χ2v) is 7.15. The van der Waals surface area contributed by atoms with Crippen molar-refractivity contribution in [2.24, 2.45) is 0 Å². The highest BCUT2D eigenvalue weighted by Crippen LogP contribution is 2.32. The molecule has 1 aliphatic heterocycles. The zero-order valence-corrected chi connectivity index (χ0v) is 13.3. The van der Waals surface area contributed by atoms with Crippen molar-refractivity contribution in [1.82, 2.24) is 4.72 Å². The number of fused-ring (bicyclic) bond motifs is 1. The Labute approximate surface area is 131 Å². The molecule has 7 heteroatoms. The molecule has 110 valence electrons. The van der Waals surface area contributed by atoms with E-state index in [0.29, 0.717) is 11.5 Å². The van der Waals surface area contributed by atoms with Crippen molar-refractivity contribution >= 4 is 26.0 Å². The van der Waals surface area contributed by atoms with Gasteiger partial charge in [0, 0.05) is 11.0 Å². The van der Waals surface area contributed by atoms with Crippen LogP contribution >= 0.6 is 15.9 Å². The fourth-order valence-corrected chi connectivity index (χ4v) is 3.21. The monoisotopic (exact) mass is 369 g/mol. The summed E-state index contributed by atoms with van der Waals surface area (Å²) in [5.74, 6) is 1.31. The van der Waals surface area contributed by atoms with Crippen LogP contribution in [0.2, 0.25) is 0 Å². The number of halogens is 1. The van der Waals surface area contributed by atoms with E-state index >= 15 is 0 Å². The molecule has 0 saturated carbocycles. The van der Waals surface area contributed by atoms with Gasteiger partial charge in [0.15, 0.2) is 11.5 Å². The lowest BCUT2D eigenvalue weighted by Crippen LogP contribution is -2.23. The first-order valence-electron chi connectivity index (χ1n) is 6.18. The summed E-state index contributed by atoms with van der Waals surface area (Å²) in [4.78, 5) is 0.228. The molecule has 5 nitrogen and oxygen atoms in total. The maximum atomic E-state index is 12.2. The normalized spacial score (nSPS) is 13.4. The van der Waals surface area contributed by atoms with Crippen molar-refractivity contribution in [3.8, 4) is 11.5 Å². The number of hydrogen-bond acceptors (Lipinski definition) is 4. The highest BCUT2D eigenvalue weighted by atomic mass is 79.9. The zero-order chi connectivity index (χ0) is 14.9. The third-order valence-corrected chi connectivity index (χ3v) is 4.97. The average molecular weight is 370 g/mol. The Kier molecular flexibility index (Phi) is 3.88. The van der Waals surface area contributed by atoms with E-state index in [9.17, 15) is 8.42 Å². The predicted octanol–water partition coefficient (Wildman–Crippen LogP) is 2.66. The fourth-order valence-electron chi connectivity index (χ4n) is 1.93. The Bertz CT molecular complexity index is 759. The van der Waals surface area contributed by atoms with Crippen molar-refractivity contribution in [2.75, 3.05) is 6.79 Å². The molecule has 2 aromatic carbocycles. The lowest BCUT2D eigenvalue weighted by molar-refractivity contribution is 0.174. The van der Waals surface area contributed by atoms with Crippen LogP contribution in [-0.2, 0) is 16.6 Å². The summed E-state index contributed by atoms with van der Waals surface area (Å²) in [6.07, 6.45) is 0. The molecule has 0 saturated heterocycles. The van der Waals surface area contributed by atoms with Crippen LogP contribution in [0.15, 0.2) is 51.8 Å². The van der Waals surface area contributed by atoms with Crippen LogP contribution in [-0.4, -0.2) is 15.2 Å². The molecule has 0 spiro atoms. The van der Waals surface area contributed by atoms with Gasteiger partial charge >= 0.3 is 0 Å². The standard InChI is InChI=1S/C14H12BrNO4S/c15-11-2-4-12(5-3-11)21(17,18)16-8-10-1-6-13-14(7-10)20-9-19-13/h1-7,16H,8-9H2. The summed E-state index contributed by atoms with van der Waals surface area (Å²) >= 11 is 3.28. The van der Waals surface area contributed by atoms with Gasteiger partial charge in [-0.1, -0.05) is 22.0 Å². The number of nitrogens with one attached hydrogen (secondary N) is 1.